The van der Waals surface area contributed by atoms with Gasteiger partial charge in [0, 0.05) is 37.2 Å². The van der Waals surface area contributed by atoms with Crippen molar-refractivity contribution in [3.05, 3.63) is 17.0 Å². The van der Waals surface area contributed by atoms with Crippen molar-refractivity contribution in [1.29, 1.82) is 0 Å². The molecule has 0 bridgehead atoms. The Morgan fingerprint density at radius 1 is 1.24 bits per heavy atom. The van der Waals surface area contributed by atoms with Crippen LogP contribution in [0.5, 0.6) is 0 Å². The molecule has 1 aromatic heterocycles. The first-order valence-corrected chi connectivity index (χ1v) is 7.77. The Hall–Kier alpha value is -1.36. The fourth-order valence-corrected chi connectivity index (χ4v) is 2.62. The molecule has 0 saturated carbocycles. The highest BCUT2D eigenvalue weighted by atomic mass is 16.5. The van der Waals surface area contributed by atoms with Crippen LogP contribution in [0.1, 0.15) is 51.1 Å². The first-order valence-electron chi connectivity index (χ1n) is 7.77. The van der Waals surface area contributed by atoms with Gasteiger partial charge in [-0.05, 0) is 48.0 Å². The molecule has 5 nitrogen and oxygen atoms in total. The monoisotopic (exact) mass is 295 g/mol. The highest BCUT2D eigenvalue weighted by Crippen LogP contribution is 2.14. The Labute approximate surface area is 128 Å². The molecular weight excluding hydrogens is 266 g/mol. The molecule has 1 heterocycles. The molecule has 0 spiro atoms. The molecule has 0 saturated heterocycles. The quantitative estimate of drug-likeness (QED) is 0.800. The summed E-state index contributed by atoms with van der Waals surface area (Å²) in [5.74, 6) is 0.897. The zero-order valence-corrected chi connectivity index (χ0v) is 14.2. The van der Waals surface area contributed by atoms with Crippen LogP contribution in [-0.2, 0) is 11.2 Å². The number of nitrogens with one attached hydrogen (secondary N) is 1. The molecule has 0 aliphatic heterocycles. The first kappa shape index (κ1) is 17.7. The van der Waals surface area contributed by atoms with Crippen molar-refractivity contribution in [3.63, 3.8) is 0 Å². The van der Waals surface area contributed by atoms with E-state index in [4.69, 9.17) is 4.52 Å². The van der Waals surface area contributed by atoms with Gasteiger partial charge in [-0.25, -0.2) is 0 Å². The maximum absolute atomic E-state index is 11.9. The van der Waals surface area contributed by atoms with Crippen LogP contribution >= 0.6 is 0 Å². The summed E-state index contributed by atoms with van der Waals surface area (Å²) in [4.78, 5) is 14.3. The molecular formula is C16H29N3O2. The SMILES string of the molecule is Cc1noc(C)c1CCC(=O)NCCN(C(C)C)C(C)C. The number of carbonyl (C=O) groups is 1. The van der Waals surface area contributed by atoms with Gasteiger partial charge in [0.2, 0.25) is 5.91 Å². The van der Waals surface area contributed by atoms with Gasteiger partial charge < -0.3 is 9.84 Å². The van der Waals surface area contributed by atoms with Crippen molar-refractivity contribution in [3.8, 4) is 0 Å². The summed E-state index contributed by atoms with van der Waals surface area (Å²) in [6.45, 7) is 14.1. The average Bonchev–Trinajstić information content (AvgIpc) is 2.71. The standard InChI is InChI=1S/C16H29N3O2/c1-11(2)19(12(3)4)10-9-17-16(20)8-7-15-13(5)18-21-14(15)6/h11-12H,7-10H2,1-6H3,(H,17,20). The summed E-state index contributed by atoms with van der Waals surface area (Å²) >= 11 is 0. The topological polar surface area (TPSA) is 58.4 Å². The third-order valence-electron chi connectivity index (χ3n) is 3.80. The van der Waals surface area contributed by atoms with Crippen LogP contribution in [0.3, 0.4) is 0 Å². The van der Waals surface area contributed by atoms with Crippen molar-refractivity contribution in [2.24, 2.45) is 0 Å². The van der Waals surface area contributed by atoms with E-state index in [0.29, 0.717) is 31.5 Å². The van der Waals surface area contributed by atoms with E-state index in [9.17, 15) is 4.79 Å². The van der Waals surface area contributed by atoms with Crippen LogP contribution in [0, 0.1) is 13.8 Å². The van der Waals surface area contributed by atoms with Gasteiger partial charge in [-0.1, -0.05) is 5.16 Å². The lowest BCUT2D eigenvalue weighted by Crippen LogP contribution is -2.42. The van der Waals surface area contributed by atoms with Crippen molar-refractivity contribution in [2.75, 3.05) is 13.1 Å². The second-order valence-electron chi connectivity index (χ2n) is 6.08. The van der Waals surface area contributed by atoms with E-state index in [-0.39, 0.29) is 5.91 Å². The number of aromatic nitrogens is 1. The molecule has 120 valence electrons. The molecule has 0 aliphatic rings. The summed E-state index contributed by atoms with van der Waals surface area (Å²) < 4.78 is 5.10. The van der Waals surface area contributed by atoms with Gasteiger partial charge in [-0.3, -0.25) is 9.69 Å². The van der Waals surface area contributed by atoms with E-state index < -0.39 is 0 Å². The largest absolute Gasteiger partial charge is 0.361 e. The lowest BCUT2D eigenvalue weighted by Gasteiger charge is -2.30. The summed E-state index contributed by atoms with van der Waals surface area (Å²) in [6.07, 6.45) is 1.16. The summed E-state index contributed by atoms with van der Waals surface area (Å²) in [5.41, 5.74) is 1.93. The maximum atomic E-state index is 11.9. The maximum Gasteiger partial charge on any atom is 0.220 e. The van der Waals surface area contributed by atoms with Crippen LogP contribution < -0.4 is 5.32 Å². The van der Waals surface area contributed by atoms with Gasteiger partial charge in [0.1, 0.15) is 5.76 Å². The van der Waals surface area contributed by atoms with Crippen molar-refractivity contribution in [2.45, 2.75) is 66.5 Å². The zero-order chi connectivity index (χ0) is 16.0. The van der Waals surface area contributed by atoms with Gasteiger partial charge >= 0.3 is 0 Å². The Morgan fingerprint density at radius 2 is 1.86 bits per heavy atom. The molecule has 0 aromatic carbocycles. The Bertz CT molecular complexity index is 425. The number of hydrogen-bond acceptors (Lipinski definition) is 4. The predicted molar refractivity (Wildman–Crippen MR) is 84.3 cm³/mol. The molecule has 0 fully saturated rings. The van der Waals surface area contributed by atoms with E-state index in [1.54, 1.807) is 0 Å². The second kappa shape index (κ2) is 8.17. The van der Waals surface area contributed by atoms with Crippen LogP contribution in [-0.4, -0.2) is 41.1 Å². The Morgan fingerprint density at radius 3 is 2.33 bits per heavy atom. The van der Waals surface area contributed by atoms with Crippen LogP contribution in [0.25, 0.3) is 0 Å². The van der Waals surface area contributed by atoms with Crippen molar-refractivity contribution >= 4 is 5.91 Å². The minimum atomic E-state index is 0.0856. The molecule has 0 radical (unpaired) electrons. The molecule has 5 heteroatoms. The summed E-state index contributed by atoms with van der Waals surface area (Å²) in [7, 11) is 0. The van der Waals surface area contributed by atoms with Gasteiger partial charge in [-0.2, -0.15) is 0 Å². The first-order chi connectivity index (χ1) is 9.82. The Balaban J connectivity index is 2.32. The number of aryl methyl sites for hydroxylation is 2. The summed E-state index contributed by atoms with van der Waals surface area (Å²) in [5, 5.41) is 6.90. The third kappa shape index (κ3) is 5.50. The average molecular weight is 295 g/mol. The zero-order valence-electron chi connectivity index (χ0n) is 14.2. The molecule has 0 aliphatic carbocycles. The van der Waals surface area contributed by atoms with Crippen LogP contribution in [0.2, 0.25) is 0 Å². The normalized spacial score (nSPS) is 11.7. The molecule has 0 atom stereocenters. The summed E-state index contributed by atoms with van der Waals surface area (Å²) in [6, 6.07) is 0.980. The minimum absolute atomic E-state index is 0.0856. The van der Waals surface area contributed by atoms with Gasteiger partial charge in [0.15, 0.2) is 0 Å². The highest BCUT2D eigenvalue weighted by Gasteiger charge is 2.14. The van der Waals surface area contributed by atoms with Crippen molar-refractivity contribution < 1.29 is 9.32 Å². The van der Waals surface area contributed by atoms with E-state index in [0.717, 1.165) is 23.6 Å². The number of amides is 1. The van der Waals surface area contributed by atoms with E-state index in [1.165, 1.54) is 0 Å². The fraction of sp³-hybridized carbons (Fsp3) is 0.750. The third-order valence-corrected chi connectivity index (χ3v) is 3.80. The lowest BCUT2D eigenvalue weighted by atomic mass is 10.1. The molecule has 0 unspecified atom stereocenters. The number of rotatable bonds is 8. The molecule has 1 N–H and O–H groups in total. The predicted octanol–water partition coefficient (Wildman–Crippen LogP) is 2.46. The molecule has 1 amide bonds. The van der Waals surface area contributed by atoms with Crippen LogP contribution in [0.15, 0.2) is 4.52 Å². The molecule has 1 aromatic rings. The second-order valence-corrected chi connectivity index (χ2v) is 6.08. The molecule has 21 heavy (non-hydrogen) atoms. The van der Waals surface area contributed by atoms with Gasteiger partial charge in [0.25, 0.3) is 0 Å². The highest BCUT2D eigenvalue weighted by molar-refractivity contribution is 5.76. The Kier molecular flexibility index (Phi) is 6.89. The number of nitrogens with zero attached hydrogens (tertiary/aromatic N) is 2. The molecule has 1 rings (SSSR count). The van der Waals surface area contributed by atoms with E-state index >= 15 is 0 Å². The van der Waals surface area contributed by atoms with Crippen molar-refractivity contribution in [1.82, 2.24) is 15.4 Å². The minimum Gasteiger partial charge on any atom is -0.361 e. The van der Waals surface area contributed by atoms with Gasteiger partial charge in [-0.15, -0.1) is 0 Å². The van der Waals surface area contributed by atoms with Gasteiger partial charge in [0.05, 0.1) is 5.69 Å². The fourth-order valence-electron chi connectivity index (χ4n) is 2.62. The lowest BCUT2D eigenvalue weighted by molar-refractivity contribution is -0.121. The number of carbonyl (C=O) groups excluding carboxylic acids is 1. The number of hydrogen-bond donors (Lipinski definition) is 1. The van der Waals surface area contributed by atoms with Crippen LogP contribution in [0.4, 0.5) is 0 Å². The smallest absolute Gasteiger partial charge is 0.220 e. The van der Waals surface area contributed by atoms with E-state index in [1.807, 2.05) is 13.8 Å². The van der Waals surface area contributed by atoms with E-state index in [2.05, 4.69) is 43.1 Å².